The van der Waals surface area contributed by atoms with Gasteiger partial charge in [0.05, 0.1) is 11.3 Å². The van der Waals surface area contributed by atoms with E-state index >= 15 is 0 Å². The second-order valence-corrected chi connectivity index (χ2v) is 6.01. The molecular formula is C5H6N3O5S3-. The van der Waals surface area contributed by atoms with Gasteiger partial charge in [-0.05, 0) is 11.4 Å². The van der Waals surface area contributed by atoms with Crippen LogP contribution in [0.1, 0.15) is 0 Å². The molecule has 2 amide bonds. The largest absolute Gasteiger partial charge is 0.754 e. The summed E-state index contributed by atoms with van der Waals surface area (Å²) >= 11 is -2.25. The highest BCUT2D eigenvalue weighted by Crippen LogP contribution is 2.15. The number of nitrogens with two attached hydrogens (primary N) is 1. The van der Waals surface area contributed by atoms with Crippen LogP contribution in [0.5, 0.6) is 0 Å². The molecule has 0 aliphatic heterocycles. The van der Waals surface area contributed by atoms with E-state index in [1.165, 1.54) is 22.3 Å². The molecule has 0 fully saturated rings. The molecule has 11 heteroatoms. The molecule has 1 heterocycles. The summed E-state index contributed by atoms with van der Waals surface area (Å²) in [5.41, 5.74) is 4.67. The van der Waals surface area contributed by atoms with E-state index in [-0.39, 0.29) is 8.62 Å². The van der Waals surface area contributed by atoms with Crippen LogP contribution in [0.3, 0.4) is 0 Å². The van der Waals surface area contributed by atoms with Gasteiger partial charge in [-0.15, -0.1) is 16.2 Å². The molecule has 90 valence electrons. The zero-order valence-electron chi connectivity index (χ0n) is 7.52. The number of nitrogens with one attached hydrogen (secondary N) is 1. The Bertz CT molecular complexity index is 481. The Balaban J connectivity index is 2.96. The summed E-state index contributed by atoms with van der Waals surface area (Å²) in [6, 6.07) is 1.26. The van der Waals surface area contributed by atoms with Crippen molar-refractivity contribution in [3.63, 3.8) is 0 Å². The van der Waals surface area contributed by atoms with Gasteiger partial charge >= 0.3 is 6.03 Å². The third kappa shape index (κ3) is 2.99. The number of sulfonamides is 1. The number of nitrogens with zero attached hydrogens (tertiary/aromatic N) is 1. The minimum atomic E-state index is -4.11. The lowest BCUT2D eigenvalue weighted by Gasteiger charge is -2.21. The molecule has 1 atom stereocenters. The maximum atomic E-state index is 11.5. The van der Waals surface area contributed by atoms with Crippen LogP contribution in [0.15, 0.2) is 21.7 Å². The van der Waals surface area contributed by atoms with Gasteiger partial charge in [-0.3, -0.25) is 4.21 Å². The number of hydrogen-bond donors (Lipinski definition) is 2. The Morgan fingerprint density at radius 1 is 1.62 bits per heavy atom. The Labute approximate surface area is 97.5 Å². The predicted octanol–water partition coefficient (Wildman–Crippen LogP) is -0.884. The normalized spacial score (nSPS) is 13.3. The van der Waals surface area contributed by atoms with E-state index in [1.807, 2.05) is 0 Å². The van der Waals surface area contributed by atoms with Gasteiger partial charge in [-0.1, -0.05) is 6.07 Å². The zero-order chi connectivity index (χ0) is 12.3. The number of amides is 2. The summed E-state index contributed by atoms with van der Waals surface area (Å²) in [6.07, 6.45) is 0. The number of rotatable bonds is 4. The standard InChI is InChI=1S/C5H7N3O5S3/c6-5(9)8(15(10)11)7-16(12,13)4-2-1-3-14-4/h1-3,7H,(H2,6,9)(H,10,11)/p-1. The van der Waals surface area contributed by atoms with Gasteiger partial charge in [0.1, 0.15) is 4.21 Å². The van der Waals surface area contributed by atoms with Gasteiger partial charge < -0.3 is 10.3 Å². The lowest BCUT2D eigenvalue weighted by Crippen LogP contribution is -2.49. The summed E-state index contributed by atoms with van der Waals surface area (Å²) in [5, 5.41) is 1.48. The van der Waals surface area contributed by atoms with Crippen LogP contribution in [-0.2, 0) is 21.3 Å². The number of primary amides is 1. The molecule has 3 N–H and O–H groups in total. The van der Waals surface area contributed by atoms with Gasteiger partial charge in [0.25, 0.3) is 10.0 Å². The molecule has 0 aromatic carbocycles. The van der Waals surface area contributed by atoms with Crippen molar-refractivity contribution >= 4 is 38.7 Å². The molecule has 0 saturated carbocycles. The lowest BCUT2D eigenvalue weighted by atomic mass is 10.7. The first-order valence-electron chi connectivity index (χ1n) is 3.59. The van der Waals surface area contributed by atoms with Crippen molar-refractivity contribution < 1.29 is 22.0 Å². The maximum absolute atomic E-state index is 11.5. The SMILES string of the molecule is NC(=O)N(NS(=O)(=O)c1cccs1)S(=O)[O-]. The first-order valence-corrected chi connectivity index (χ1v) is 6.99. The summed E-state index contributed by atoms with van der Waals surface area (Å²) in [7, 11) is -4.11. The van der Waals surface area contributed by atoms with Crippen LogP contribution in [0.4, 0.5) is 4.79 Å². The number of thiophene rings is 1. The highest BCUT2D eigenvalue weighted by atomic mass is 32.2. The van der Waals surface area contributed by atoms with E-state index in [1.54, 1.807) is 0 Å². The van der Waals surface area contributed by atoms with E-state index in [9.17, 15) is 22.0 Å². The monoisotopic (exact) mass is 284 g/mol. The van der Waals surface area contributed by atoms with E-state index in [2.05, 4.69) is 5.73 Å². The van der Waals surface area contributed by atoms with Crippen LogP contribution in [-0.4, -0.2) is 27.6 Å². The second-order valence-electron chi connectivity index (χ2n) is 2.38. The topological polar surface area (TPSA) is 133 Å². The lowest BCUT2D eigenvalue weighted by molar-refractivity contribution is 0.226. The summed E-state index contributed by atoms with van der Waals surface area (Å²) in [6.45, 7) is 0. The number of urea groups is 1. The van der Waals surface area contributed by atoms with Crippen molar-refractivity contribution in [2.75, 3.05) is 0 Å². The Kier molecular flexibility index (Phi) is 3.98. The molecule has 0 spiro atoms. The highest BCUT2D eigenvalue weighted by Gasteiger charge is 2.22. The molecule has 1 aromatic rings. The van der Waals surface area contributed by atoms with E-state index in [4.69, 9.17) is 0 Å². The third-order valence-electron chi connectivity index (χ3n) is 1.31. The van der Waals surface area contributed by atoms with Crippen molar-refractivity contribution in [2.45, 2.75) is 4.21 Å². The van der Waals surface area contributed by atoms with Crippen molar-refractivity contribution in [1.82, 2.24) is 9.25 Å². The summed E-state index contributed by atoms with van der Waals surface area (Å²) in [5.74, 6) is 0. The maximum Gasteiger partial charge on any atom is 0.341 e. The van der Waals surface area contributed by atoms with Gasteiger partial charge in [0.15, 0.2) is 0 Å². The molecule has 1 unspecified atom stereocenters. The number of hydrogen-bond acceptors (Lipinski definition) is 6. The smallest absolute Gasteiger partial charge is 0.341 e. The highest BCUT2D eigenvalue weighted by molar-refractivity contribution is 7.92. The van der Waals surface area contributed by atoms with Crippen molar-refractivity contribution in [1.29, 1.82) is 0 Å². The van der Waals surface area contributed by atoms with Gasteiger partial charge in [0.2, 0.25) is 0 Å². The number of carbonyl (C=O) groups is 1. The number of carbonyl (C=O) groups excluding carboxylic acids is 1. The molecule has 0 bridgehead atoms. The average Bonchev–Trinajstić information content (AvgIpc) is 2.66. The zero-order valence-corrected chi connectivity index (χ0v) is 9.97. The average molecular weight is 284 g/mol. The summed E-state index contributed by atoms with van der Waals surface area (Å²) < 4.78 is 43.6. The Morgan fingerprint density at radius 3 is 2.62 bits per heavy atom. The van der Waals surface area contributed by atoms with Crippen LogP contribution in [0.25, 0.3) is 0 Å². The van der Waals surface area contributed by atoms with Crippen molar-refractivity contribution in [2.24, 2.45) is 5.73 Å². The molecule has 1 aromatic heterocycles. The first-order chi connectivity index (χ1) is 7.34. The van der Waals surface area contributed by atoms with Crippen LogP contribution in [0, 0.1) is 0 Å². The predicted molar refractivity (Wildman–Crippen MR) is 55.0 cm³/mol. The molecule has 0 aliphatic rings. The quantitative estimate of drug-likeness (QED) is 0.547. The summed E-state index contributed by atoms with van der Waals surface area (Å²) in [4.78, 5) is 12.1. The van der Waals surface area contributed by atoms with Crippen LogP contribution in [0.2, 0.25) is 0 Å². The van der Waals surface area contributed by atoms with Gasteiger partial charge in [0, 0.05) is 0 Å². The van der Waals surface area contributed by atoms with Crippen LogP contribution < -0.4 is 10.6 Å². The molecule has 0 radical (unpaired) electrons. The Hall–Kier alpha value is -1.01. The molecule has 1 rings (SSSR count). The second kappa shape index (κ2) is 4.88. The van der Waals surface area contributed by atoms with E-state index in [0.717, 1.165) is 11.3 Å². The molecular weight excluding hydrogens is 278 g/mol. The minimum Gasteiger partial charge on any atom is -0.754 e. The van der Waals surface area contributed by atoms with Gasteiger partial charge in [-0.25, -0.2) is 13.2 Å². The van der Waals surface area contributed by atoms with Gasteiger partial charge in [-0.2, -0.15) is 4.41 Å². The molecule has 8 nitrogen and oxygen atoms in total. The van der Waals surface area contributed by atoms with Crippen molar-refractivity contribution in [3.8, 4) is 0 Å². The fourth-order valence-corrected chi connectivity index (χ4v) is 3.29. The molecule has 16 heavy (non-hydrogen) atoms. The van der Waals surface area contributed by atoms with Crippen molar-refractivity contribution in [3.05, 3.63) is 17.5 Å². The Morgan fingerprint density at radius 2 is 2.25 bits per heavy atom. The fraction of sp³-hybridized carbons (Fsp3) is 0. The molecule has 0 saturated heterocycles. The third-order valence-corrected chi connectivity index (χ3v) is 4.69. The fourth-order valence-electron chi connectivity index (χ4n) is 0.719. The van der Waals surface area contributed by atoms with E-state index in [0.29, 0.717) is 0 Å². The van der Waals surface area contributed by atoms with Crippen LogP contribution >= 0.6 is 11.3 Å². The first kappa shape index (κ1) is 13.1. The minimum absolute atomic E-state index is 0.135. The number of hydrazine groups is 1. The molecule has 0 aliphatic carbocycles. The van der Waals surface area contributed by atoms with E-state index < -0.39 is 27.3 Å².